The van der Waals surface area contributed by atoms with Crippen LogP contribution in [0.15, 0.2) is 41.4 Å². The molecule has 0 saturated carbocycles. The third-order valence-corrected chi connectivity index (χ3v) is 3.08. The summed E-state index contributed by atoms with van der Waals surface area (Å²) in [5.74, 6) is 0.224. The quantitative estimate of drug-likeness (QED) is 0.795. The standard InChI is InChI=1S/C14H13N5O2/c1-9-13(10(2)21-18-9)14(20)17-11-5-3-4-6-12(11)19-8-15-7-16-19/h3-8H,1-2H3,(H,17,20). The topological polar surface area (TPSA) is 85.8 Å². The second kappa shape index (κ2) is 5.20. The Morgan fingerprint density at radius 3 is 2.76 bits per heavy atom. The summed E-state index contributed by atoms with van der Waals surface area (Å²) in [5, 5.41) is 10.7. The molecule has 21 heavy (non-hydrogen) atoms. The van der Waals surface area contributed by atoms with Crippen LogP contribution in [-0.4, -0.2) is 25.8 Å². The fourth-order valence-corrected chi connectivity index (χ4v) is 2.10. The molecular weight excluding hydrogens is 270 g/mol. The van der Waals surface area contributed by atoms with Crippen molar-refractivity contribution in [3.05, 3.63) is 53.9 Å². The van der Waals surface area contributed by atoms with Crippen LogP contribution in [0.4, 0.5) is 5.69 Å². The van der Waals surface area contributed by atoms with Crippen molar-refractivity contribution in [2.45, 2.75) is 13.8 Å². The Labute approximate surface area is 120 Å². The Hall–Kier alpha value is -2.96. The Morgan fingerprint density at radius 1 is 1.29 bits per heavy atom. The monoisotopic (exact) mass is 283 g/mol. The highest BCUT2D eigenvalue weighted by atomic mass is 16.5. The zero-order chi connectivity index (χ0) is 14.8. The van der Waals surface area contributed by atoms with E-state index in [1.165, 1.54) is 6.33 Å². The van der Waals surface area contributed by atoms with Gasteiger partial charge >= 0.3 is 0 Å². The number of carbonyl (C=O) groups is 1. The second-order valence-electron chi connectivity index (χ2n) is 4.51. The summed E-state index contributed by atoms with van der Waals surface area (Å²) in [5.41, 5.74) is 2.37. The molecule has 0 aliphatic rings. The number of benzene rings is 1. The number of hydrogen-bond acceptors (Lipinski definition) is 5. The number of nitrogens with zero attached hydrogens (tertiary/aromatic N) is 4. The molecule has 3 rings (SSSR count). The molecule has 0 aliphatic carbocycles. The molecule has 0 fully saturated rings. The lowest BCUT2D eigenvalue weighted by Gasteiger charge is -2.10. The van der Waals surface area contributed by atoms with E-state index in [1.54, 1.807) is 30.9 Å². The van der Waals surface area contributed by atoms with Crippen molar-refractivity contribution >= 4 is 11.6 Å². The second-order valence-corrected chi connectivity index (χ2v) is 4.51. The highest BCUT2D eigenvalue weighted by molar-refractivity contribution is 6.06. The highest BCUT2D eigenvalue weighted by Crippen LogP contribution is 2.21. The number of rotatable bonds is 3. The number of carbonyl (C=O) groups excluding carboxylic acids is 1. The molecule has 1 N–H and O–H groups in total. The molecule has 0 spiro atoms. The molecule has 2 aromatic heterocycles. The van der Waals surface area contributed by atoms with E-state index in [4.69, 9.17) is 4.52 Å². The van der Waals surface area contributed by atoms with Crippen LogP contribution in [0, 0.1) is 13.8 Å². The molecule has 0 bridgehead atoms. The maximum atomic E-state index is 12.4. The number of hydrogen-bond donors (Lipinski definition) is 1. The van der Waals surface area contributed by atoms with Gasteiger partial charge in [-0.1, -0.05) is 17.3 Å². The molecule has 1 amide bonds. The van der Waals surface area contributed by atoms with E-state index in [0.717, 1.165) is 5.69 Å². The first kappa shape index (κ1) is 13.0. The minimum absolute atomic E-state index is 0.265. The third-order valence-electron chi connectivity index (χ3n) is 3.08. The molecule has 0 atom stereocenters. The molecule has 2 heterocycles. The number of amides is 1. The number of para-hydroxylation sites is 2. The minimum atomic E-state index is -0.265. The smallest absolute Gasteiger partial charge is 0.261 e. The zero-order valence-corrected chi connectivity index (χ0v) is 11.6. The lowest BCUT2D eigenvalue weighted by atomic mass is 10.2. The lowest BCUT2D eigenvalue weighted by molar-refractivity contribution is 0.102. The van der Waals surface area contributed by atoms with E-state index in [0.29, 0.717) is 22.7 Å². The lowest BCUT2D eigenvalue weighted by Crippen LogP contribution is -2.15. The van der Waals surface area contributed by atoms with E-state index < -0.39 is 0 Å². The van der Waals surface area contributed by atoms with Crippen LogP contribution < -0.4 is 5.32 Å². The van der Waals surface area contributed by atoms with Gasteiger partial charge in [0.05, 0.1) is 17.1 Å². The summed E-state index contributed by atoms with van der Waals surface area (Å²) in [4.78, 5) is 16.3. The molecule has 0 radical (unpaired) electrons. The first-order valence-electron chi connectivity index (χ1n) is 6.35. The van der Waals surface area contributed by atoms with Gasteiger partial charge in [0.25, 0.3) is 5.91 Å². The number of aromatic nitrogens is 4. The Balaban J connectivity index is 1.94. The van der Waals surface area contributed by atoms with E-state index in [9.17, 15) is 4.79 Å². The largest absolute Gasteiger partial charge is 0.361 e. The van der Waals surface area contributed by atoms with Crippen LogP contribution in [0.2, 0.25) is 0 Å². The van der Waals surface area contributed by atoms with Gasteiger partial charge in [-0.05, 0) is 26.0 Å². The first-order valence-corrected chi connectivity index (χ1v) is 6.35. The average molecular weight is 283 g/mol. The van der Waals surface area contributed by atoms with Crippen molar-refractivity contribution in [3.63, 3.8) is 0 Å². The van der Waals surface area contributed by atoms with Gasteiger partial charge in [-0.25, -0.2) is 9.67 Å². The minimum Gasteiger partial charge on any atom is -0.361 e. The molecule has 0 aliphatic heterocycles. The summed E-state index contributed by atoms with van der Waals surface area (Å²) < 4.78 is 6.60. The molecule has 7 nitrogen and oxygen atoms in total. The number of nitrogens with one attached hydrogen (secondary N) is 1. The molecule has 0 unspecified atom stereocenters. The van der Waals surface area contributed by atoms with Crippen LogP contribution >= 0.6 is 0 Å². The van der Waals surface area contributed by atoms with Crippen molar-refractivity contribution in [2.24, 2.45) is 0 Å². The summed E-state index contributed by atoms with van der Waals surface area (Å²) >= 11 is 0. The van der Waals surface area contributed by atoms with Gasteiger partial charge in [0, 0.05) is 0 Å². The first-order chi connectivity index (χ1) is 10.2. The van der Waals surface area contributed by atoms with Crippen LogP contribution in [-0.2, 0) is 0 Å². The van der Waals surface area contributed by atoms with Crippen LogP contribution in [0.25, 0.3) is 5.69 Å². The fraction of sp³-hybridized carbons (Fsp3) is 0.143. The van der Waals surface area contributed by atoms with Gasteiger partial charge in [-0.15, -0.1) is 0 Å². The van der Waals surface area contributed by atoms with E-state index >= 15 is 0 Å². The molecule has 106 valence electrons. The maximum absolute atomic E-state index is 12.4. The fourth-order valence-electron chi connectivity index (χ4n) is 2.10. The van der Waals surface area contributed by atoms with Gasteiger partial charge in [0.1, 0.15) is 24.0 Å². The van der Waals surface area contributed by atoms with Crippen molar-refractivity contribution in [3.8, 4) is 5.69 Å². The number of anilines is 1. The van der Waals surface area contributed by atoms with Crippen molar-refractivity contribution < 1.29 is 9.32 Å². The molecule has 1 aromatic carbocycles. The highest BCUT2D eigenvalue weighted by Gasteiger charge is 2.18. The normalized spacial score (nSPS) is 10.6. The predicted octanol–water partition coefficient (Wildman–Crippen LogP) is 2.12. The van der Waals surface area contributed by atoms with Crippen molar-refractivity contribution in [2.75, 3.05) is 5.32 Å². The SMILES string of the molecule is Cc1noc(C)c1C(=O)Nc1ccccc1-n1cncn1. The number of aryl methyl sites for hydroxylation is 2. The summed E-state index contributed by atoms with van der Waals surface area (Å²) in [6.45, 7) is 3.44. The van der Waals surface area contributed by atoms with Crippen LogP contribution in [0.3, 0.4) is 0 Å². The van der Waals surface area contributed by atoms with Crippen molar-refractivity contribution in [1.82, 2.24) is 19.9 Å². The van der Waals surface area contributed by atoms with Gasteiger partial charge in [-0.3, -0.25) is 4.79 Å². The van der Waals surface area contributed by atoms with Crippen LogP contribution in [0.5, 0.6) is 0 Å². The summed E-state index contributed by atoms with van der Waals surface area (Å²) in [6.07, 6.45) is 3.01. The Bertz CT molecular complexity index is 757. The van der Waals surface area contributed by atoms with Crippen LogP contribution in [0.1, 0.15) is 21.8 Å². The van der Waals surface area contributed by atoms with E-state index in [-0.39, 0.29) is 5.91 Å². The maximum Gasteiger partial charge on any atom is 0.261 e. The Kier molecular flexibility index (Phi) is 3.23. The average Bonchev–Trinajstić information content (AvgIpc) is 3.10. The van der Waals surface area contributed by atoms with Crippen molar-refractivity contribution in [1.29, 1.82) is 0 Å². The van der Waals surface area contributed by atoms with E-state index in [1.807, 2.05) is 18.2 Å². The Morgan fingerprint density at radius 2 is 2.10 bits per heavy atom. The van der Waals surface area contributed by atoms with Gasteiger partial charge in [0.15, 0.2) is 0 Å². The summed E-state index contributed by atoms with van der Waals surface area (Å²) in [7, 11) is 0. The molecule has 7 heteroatoms. The van der Waals surface area contributed by atoms with Gasteiger partial charge in [-0.2, -0.15) is 5.10 Å². The van der Waals surface area contributed by atoms with Gasteiger partial charge in [0.2, 0.25) is 0 Å². The van der Waals surface area contributed by atoms with Gasteiger partial charge < -0.3 is 9.84 Å². The molecule has 3 aromatic rings. The zero-order valence-electron chi connectivity index (χ0n) is 11.6. The molecular formula is C14H13N5O2. The predicted molar refractivity (Wildman–Crippen MR) is 75.3 cm³/mol. The van der Waals surface area contributed by atoms with E-state index in [2.05, 4.69) is 20.6 Å². The molecule has 0 saturated heterocycles. The summed E-state index contributed by atoms with van der Waals surface area (Å²) in [6, 6.07) is 7.34. The third kappa shape index (κ3) is 2.40.